The van der Waals surface area contributed by atoms with E-state index in [1.54, 1.807) is 6.92 Å². The molecule has 0 N–H and O–H groups in total. The monoisotopic (exact) mass is 189 g/mol. The van der Waals surface area contributed by atoms with Crippen molar-refractivity contribution in [1.82, 2.24) is 0 Å². The number of rotatable bonds is 6. The average molecular weight is 189 g/mol. The molecule has 1 atom stereocenters. The predicted molar refractivity (Wildman–Crippen MR) is 46.9 cm³/mol. The summed E-state index contributed by atoms with van der Waals surface area (Å²) < 4.78 is 4.69. The van der Waals surface area contributed by atoms with Gasteiger partial charge in [-0.2, -0.15) is 0 Å². The highest BCUT2D eigenvalue weighted by atomic mass is 16.6. The zero-order chi connectivity index (χ0) is 10.3. The first-order valence-electron chi connectivity index (χ1n) is 4.37. The molecule has 0 fully saturated rings. The van der Waals surface area contributed by atoms with Crippen molar-refractivity contribution in [3.8, 4) is 0 Å². The first-order valence-corrected chi connectivity index (χ1v) is 4.37. The Labute approximate surface area is 77.2 Å². The van der Waals surface area contributed by atoms with Crippen LogP contribution in [0.25, 0.3) is 0 Å². The Balaban J connectivity index is 3.83. The molecule has 0 aliphatic carbocycles. The van der Waals surface area contributed by atoms with Gasteiger partial charge in [0.25, 0.3) is 0 Å². The van der Waals surface area contributed by atoms with Gasteiger partial charge < -0.3 is 4.74 Å². The van der Waals surface area contributed by atoms with E-state index in [9.17, 15) is 14.9 Å². The molecule has 5 nitrogen and oxygen atoms in total. The molecule has 0 spiro atoms. The summed E-state index contributed by atoms with van der Waals surface area (Å²) in [5.74, 6) is -0.551. The molecule has 0 aromatic rings. The molecule has 0 aromatic carbocycles. The highest BCUT2D eigenvalue weighted by Gasteiger charge is 2.17. The maximum atomic E-state index is 10.9. The molecule has 0 saturated heterocycles. The van der Waals surface area contributed by atoms with Crippen LogP contribution in [0.4, 0.5) is 0 Å². The van der Waals surface area contributed by atoms with Crippen LogP contribution in [0.2, 0.25) is 0 Å². The van der Waals surface area contributed by atoms with E-state index in [2.05, 4.69) is 0 Å². The Kier molecular flexibility index (Phi) is 5.84. The van der Waals surface area contributed by atoms with Gasteiger partial charge >= 0.3 is 5.97 Å². The Bertz CT molecular complexity index is 181. The fraction of sp³-hybridized carbons (Fsp3) is 0.875. The number of carbonyl (C=O) groups excluding carboxylic acids is 1. The summed E-state index contributed by atoms with van der Waals surface area (Å²) in [4.78, 5) is 20.7. The second-order valence-electron chi connectivity index (χ2n) is 2.80. The normalized spacial score (nSPS) is 12.2. The predicted octanol–water partition coefficient (Wildman–Crippen LogP) is 1.24. The van der Waals surface area contributed by atoms with Gasteiger partial charge in [-0.1, -0.05) is 6.92 Å². The molecule has 1 unspecified atom stereocenters. The van der Waals surface area contributed by atoms with Gasteiger partial charge in [0.05, 0.1) is 13.0 Å². The van der Waals surface area contributed by atoms with Crippen molar-refractivity contribution in [2.45, 2.75) is 26.7 Å². The van der Waals surface area contributed by atoms with Crippen LogP contribution in [0.3, 0.4) is 0 Å². The van der Waals surface area contributed by atoms with Crippen molar-refractivity contribution in [2.75, 3.05) is 13.2 Å². The van der Waals surface area contributed by atoms with Crippen molar-refractivity contribution < 1.29 is 14.5 Å². The van der Waals surface area contributed by atoms with E-state index in [1.165, 1.54) is 0 Å². The quantitative estimate of drug-likeness (QED) is 0.358. The minimum absolute atomic E-state index is 0.144. The summed E-state index contributed by atoms with van der Waals surface area (Å²) in [5, 5.41) is 10.2. The lowest BCUT2D eigenvalue weighted by atomic mass is 10.0. The Morgan fingerprint density at radius 1 is 1.54 bits per heavy atom. The third-order valence-corrected chi connectivity index (χ3v) is 1.75. The molecule has 76 valence electrons. The summed E-state index contributed by atoms with van der Waals surface area (Å²) in [6.07, 6.45) is 0.769. The Morgan fingerprint density at radius 3 is 2.54 bits per heavy atom. The number of carbonyl (C=O) groups is 1. The van der Waals surface area contributed by atoms with Gasteiger partial charge in [0.1, 0.15) is 0 Å². The summed E-state index contributed by atoms with van der Waals surface area (Å²) in [6, 6.07) is 0. The number of nitro groups is 1. The summed E-state index contributed by atoms with van der Waals surface area (Å²) in [6.45, 7) is 3.71. The zero-order valence-electron chi connectivity index (χ0n) is 7.99. The van der Waals surface area contributed by atoms with Crippen LogP contribution >= 0.6 is 0 Å². The van der Waals surface area contributed by atoms with Crippen LogP contribution in [-0.2, 0) is 9.53 Å². The van der Waals surface area contributed by atoms with E-state index >= 15 is 0 Å². The minimum Gasteiger partial charge on any atom is -0.466 e. The molecule has 0 saturated carbocycles. The number of nitrogens with zero attached hydrogens (tertiary/aromatic N) is 1. The van der Waals surface area contributed by atoms with E-state index in [4.69, 9.17) is 4.74 Å². The van der Waals surface area contributed by atoms with Gasteiger partial charge in [-0.3, -0.25) is 14.9 Å². The lowest BCUT2D eigenvalue weighted by Gasteiger charge is -2.08. The molecule has 0 heterocycles. The van der Waals surface area contributed by atoms with Gasteiger partial charge in [-0.05, 0) is 13.3 Å². The van der Waals surface area contributed by atoms with Crippen LogP contribution < -0.4 is 0 Å². The second-order valence-corrected chi connectivity index (χ2v) is 2.80. The molecule has 0 aliphatic rings. The van der Waals surface area contributed by atoms with Crippen LogP contribution in [0.1, 0.15) is 26.7 Å². The highest BCUT2D eigenvalue weighted by Crippen LogP contribution is 2.09. The fourth-order valence-electron chi connectivity index (χ4n) is 1.00. The van der Waals surface area contributed by atoms with Crippen LogP contribution in [0.15, 0.2) is 0 Å². The maximum absolute atomic E-state index is 10.9. The van der Waals surface area contributed by atoms with Crippen molar-refractivity contribution in [1.29, 1.82) is 0 Å². The standard InChI is InChI=1S/C8H15NO4/c1-3-7(6-9(11)12)5-8(10)13-4-2/h7H,3-6H2,1-2H3. The number of hydrogen-bond donors (Lipinski definition) is 0. The largest absolute Gasteiger partial charge is 0.466 e. The van der Waals surface area contributed by atoms with E-state index in [0.29, 0.717) is 13.0 Å². The van der Waals surface area contributed by atoms with Crippen molar-refractivity contribution in [2.24, 2.45) is 5.92 Å². The van der Waals surface area contributed by atoms with Crippen LogP contribution in [-0.4, -0.2) is 24.0 Å². The van der Waals surface area contributed by atoms with E-state index in [0.717, 1.165) is 0 Å². The summed E-state index contributed by atoms with van der Waals surface area (Å²) >= 11 is 0. The van der Waals surface area contributed by atoms with Crippen molar-refractivity contribution in [3.05, 3.63) is 10.1 Å². The smallest absolute Gasteiger partial charge is 0.306 e. The molecule has 5 heteroatoms. The number of esters is 1. The van der Waals surface area contributed by atoms with Gasteiger partial charge in [0.15, 0.2) is 0 Å². The summed E-state index contributed by atoms with van der Waals surface area (Å²) in [7, 11) is 0. The molecule has 0 radical (unpaired) electrons. The maximum Gasteiger partial charge on any atom is 0.306 e. The SMILES string of the molecule is CCOC(=O)CC(CC)C[N+](=O)[O-]. The average Bonchev–Trinajstić information content (AvgIpc) is 2.02. The first-order chi connectivity index (χ1) is 6.10. The zero-order valence-corrected chi connectivity index (χ0v) is 7.99. The van der Waals surface area contributed by atoms with Crippen molar-refractivity contribution in [3.63, 3.8) is 0 Å². The fourth-order valence-corrected chi connectivity index (χ4v) is 1.00. The van der Waals surface area contributed by atoms with Crippen LogP contribution in [0, 0.1) is 16.0 Å². The molecule has 0 amide bonds. The number of hydrogen-bond acceptors (Lipinski definition) is 4. The van der Waals surface area contributed by atoms with E-state index in [1.807, 2.05) is 6.92 Å². The minimum atomic E-state index is -0.395. The lowest BCUT2D eigenvalue weighted by molar-refractivity contribution is -0.488. The molecular weight excluding hydrogens is 174 g/mol. The lowest BCUT2D eigenvalue weighted by Crippen LogP contribution is -2.18. The Morgan fingerprint density at radius 2 is 2.15 bits per heavy atom. The third-order valence-electron chi connectivity index (χ3n) is 1.75. The first kappa shape index (κ1) is 11.9. The van der Waals surface area contributed by atoms with Gasteiger partial charge in [0.2, 0.25) is 6.54 Å². The molecule has 0 bridgehead atoms. The molecule has 0 aliphatic heterocycles. The van der Waals surface area contributed by atoms with Crippen molar-refractivity contribution >= 4 is 5.97 Å². The molecule has 0 aromatic heterocycles. The number of ether oxygens (including phenoxy) is 1. The van der Waals surface area contributed by atoms with Gasteiger partial charge in [0, 0.05) is 10.8 Å². The van der Waals surface area contributed by atoms with E-state index in [-0.39, 0.29) is 24.9 Å². The van der Waals surface area contributed by atoms with E-state index < -0.39 is 4.92 Å². The second kappa shape index (κ2) is 6.39. The van der Waals surface area contributed by atoms with Gasteiger partial charge in [-0.15, -0.1) is 0 Å². The Hall–Kier alpha value is -1.13. The molecule has 0 rings (SSSR count). The summed E-state index contributed by atoms with van der Waals surface area (Å²) in [5.41, 5.74) is 0. The molecular formula is C8H15NO4. The van der Waals surface area contributed by atoms with Crippen LogP contribution in [0.5, 0.6) is 0 Å². The third kappa shape index (κ3) is 6.07. The van der Waals surface area contributed by atoms with Gasteiger partial charge in [-0.25, -0.2) is 0 Å². The highest BCUT2D eigenvalue weighted by molar-refractivity contribution is 5.69. The molecule has 13 heavy (non-hydrogen) atoms. The topological polar surface area (TPSA) is 69.4 Å².